The number of hydrogen-bond acceptors (Lipinski definition) is 7. The molecule has 0 radical (unpaired) electrons. The normalized spacial score (nSPS) is 18.8. The fraction of sp³-hybridized carbons (Fsp3) is 0.278. The first-order valence-electron chi connectivity index (χ1n) is 8.84. The topological polar surface area (TPSA) is 116 Å². The smallest absolute Gasteiger partial charge is 0.257 e. The number of pyridine rings is 1. The van der Waals surface area contributed by atoms with Gasteiger partial charge in [-0.25, -0.2) is 18.8 Å². The first-order valence-corrected chi connectivity index (χ1v) is 10.7. The van der Waals surface area contributed by atoms with E-state index < -0.39 is 10.0 Å². The molecule has 1 aromatic heterocycles. The van der Waals surface area contributed by atoms with Gasteiger partial charge in [0.15, 0.2) is 6.17 Å². The Hall–Kier alpha value is -2.98. The molecule has 2 aliphatic rings. The number of anilines is 1. The summed E-state index contributed by atoms with van der Waals surface area (Å²) in [5.41, 5.74) is 8.44. The predicted octanol–water partition coefficient (Wildman–Crippen LogP) is 0.686. The maximum atomic E-state index is 12.6. The minimum absolute atomic E-state index is 0.302. The fourth-order valence-corrected chi connectivity index (χ4v) is 4.30. The van der Waals surface area contributed by atoms with E-state index in [-0.39, 0.29) is 12.1 Å². The van der Waals surface area contributed by atoms with Crippen molar-refractivity contribution in [1.29, 1.82) is 0 Å². The van der Waals surface area contributed by atoms with E-state index in [4.69, 9.17) is 0 Å². The SMILES string of the molecule is CS(=O)(=O)N1CCCc2cc(C(=O)NC3=NC(c4ccccn4)NN3)ccc21. The van der Waals surface area contributed by atoms with Crippen LogP contribution in [0.25, 0.3) is 0 Å². The summed E-state index contributed by atoms with van der Waals surface area (Å²) in [5.74, 6) is -0.0230. The fourth-order valence-electron chi connectivity index (χ4n) is 3.30. The van der Waals surface area contributed by atoms with E-state index in [0.29, 0.717) is 23.8 Å². The number of carbonyl (C=O) groups is 1. The number of rotatable bonds is 3. The Labute approximate surface area is 162 Å². The zero-order valence-electron chi connectivity index (χ0n) is 15.2. The van der Waals surface area contributed by atoms with Crippen molar-refractivity contribution >= 4 is 27.6 Å². The molecule has 1 amide bonds. The highest BCUT2D eigenvalue weighted by molar-refractivity contribution is 7.92. The molecule has 3 N–H and O–H groups in total. The molecular weight excluding hydrogens is 380 g/mol. The number of guanidine groups is 1. The number of fused-ring (bicyclic) bond motifs is 1. The van der Waals surface area contributed by atoms with Gasteiger partial charge in [0.1, 0.15) is 0 Å². The third kappa shape index (κ3) is 3.69. The summed E-state index contributed by atoms with van der Waals surface area (Å²) in [6.07, 6.45) is 3.93. The Morgan fingerprint density at radius 2 is 2.14 bits per heavy atom. The molecule has 0 spiro atoms. The van der Waals surface area contributed by atoms with Gasteiger partial charge in [0.2, 0.25) is 16.0 Å². The molecule has 0 aliphatic carbocycles. The summed E-state index contributed by atoms with van der Waals surface area (Å²) in [4.78, 5) is 21.2. The van der Waals surface area contributed by atoms with Crippen LogP contribution in [0.3, 0.4) is 0 Å². The van der Waals surface area contributed by atoms with E-state index in [2.05, 4.69) is 26.1 Å². The van der Waals surface area contributed by atoms with E-state index in [1.165, 1.54) is 10.6 Å². The molecule has 0 saturated heterocycles. The van der Waals surface area contributed by atoms with Gasteiger partial charge in [0.05, 0.1) is 17.6 Å². The van der Waals surface area contributed by atoms with Crippen molar-refractivity contribution in [2.24, 2.45) is 4.99 Å². The van der Waals surface area contributed by atoms with Gasteiger partial charge in [0.25, 0.3) is 5.91 Å². The molecule has 0 bridgehead atoms. The number of aromatic nitrogens is 1. The molecule has 0 saturated carbocycles. The van der Waals surface area contributed by atoms with Crippen LogP contribution in [0.1, 0.15) is 34.2 Å². The van der Waals surface area contributed by atoms with Crippen molar-refractivity contribution < 1.29 is 13.2 Å². The molecule has 146 valence electrons. The number of hydrazine groups is 1. The van der Waals surface area contributed by atoms with Gasteiger partial charge in [-0.2, -0.15) is 0 Å². The molecule has 1 aromatic carbocycles. The lowest BCUT2D eigenvalue weighted by Gasteiger charge is -2.29. The molecular formula is C18H20N6O3S. The molecule has 3 heterocycles. The Bertz CT molecular complexity index is 1040. The molecule has 1 unspecified atom stereocenters. The number of hydrogen-bond donors (Lipinski definition) is 3. The van der Waals surface area contributed by atoms with Gasteiger partial charge < -0.3 is 0 Å². The molecule has 2 aliphatic heterocycles. The third-order valence-electron chi connectivity index (χ3n) is 4.60. The van der Waals surface area contributed by atoms with Crippen LogP contribution in [0.2, 0.25) is 0 Å². The monoisotopic (exact) mass is 400 g/mol. The van der Waals surface area contributed by atoms with Crippen molar-refractivity contribution in [3.05, 3.63) is 59.4 Å². The van der Waals surface area contributed by atoms with Crippen LogP contribution in [0.15, 0.2) is 47.6 Å². The lowest BCUT2D eigenvalue weighted by atomic mass is 10.0. The maximum Gasteiger partial charge on any atom is 0.257 e. The average molecular weight is 400 g/mol. The number of aryl methyl sites for hydroxylation is 1. The Kier molecular flexibility index (Phi) is 4.73. The molecule has 2 aromatic rings. The quantitative estimate of drug-likeness (QED) is 0.698. The van der Waals surface area contributed by atoms with Gasteiger partial charge in [-0.3, -0.25) is 24.8 Å². The van der Waals surface area contributed by atoms with E-state index >= 15 is 0 Å². The number of sulfonamides is 1. The Morgan fingerprint density at radius 1 is 1.29 bits per heavy atom. The number of carbonyl (C=O) groups excluding carboxylic acids is 1. The molecule has 10 heteroatoms. The van der Waals surface area contributed by atoms with Crippen LogP contribution < -0.4 is 20.5 Å². The van der Waals surface area contributed by atoms with Crippen molar-refractivity contribution in [1.82, 2.24) is 21.2 Å². The van der Waals surface area contributed by atoms with Gasteiger partial charge in [-0.15, -0.1) is 0 Å². The Morgan fingerprint density at radius 3 is 2.89 bits per heavy atom. The second-order valence-electron chi connectivity index (χ2n) is 6.64. The van der Waals surface area contributed by atoms with E-state index in [9.17, 15) is 13.2 Å². The molecule has 1 atom stereocenters. The van der Waals surface area contributed by atoms with E-state index in [0.717, 1.165) is 24.1 Å². The minimum Gasteiger partial charge on any atom is -0.291 e. The van der Waals surface area contributed by atoms with E-state index in [1.54, 1.807) is 24.4 Å². The number of amides is 1. The largest absolute Gasteiger partial charge is 0.291 e. The molecule has 0 fully saturated rings. The number of benzene rings is 1. The van der Waals surface area contributed by atoms with Crippen LogP contribution in [0.5, 0.6) is 0 Å². The van der Waals surface area contributed by atoms with Crippen molar-refractivity contribution in [3.8, 4) is 0 Å². The van der Waals surface area contributed by atoms with Crippen molar-refractivity contribution in [2.75, 3.05) is 17.1 Å². The zero-order chi connectivity index (χ0) is 19.7. The highest BCUT2D eigenvalue weighted by atomic mass is 32.2. The van der Waals surface area contributed by atoms with Gasteiger partial charge in [-0.1, -0.05) is 6.07 Å². The predicted molar refractivity (Wildman–Crippen MR) is 105 cm³/mol. The number of nitrogens with zero attached hydrogens (tertiary/aromatic N) is 3. The maximum absolute atomic E-state index is 12.6. The number of aliphatic imine (C=N–C) groups is 1. The second kappa shape index (κ2) is 7.21. The lowest BCUT2D eigenvalue weighted by molar-refractivity contribution is 0.0976. The lowest BCUT2D eigenvalue weighted by Crippen LogP contribution is -2.42. The third-order valence-corrected chi connectivity index (χ3v) is 5.78. The van der Waals surface area contributed by atoms with Crippen LogP contribution in [-0.4, -0.2) is 38.1 Å². The molecule has 28 heavy (non-hydrogen) atoms. The van der Waals surface area contributed by atoms with Gasteiger partial charge >= 0.3 is 0 Å². The standard InChI is InChI=1S/C18H20N6O3S/c1-28(26,27)24-10-4-5-12-11-13(7-8-15(12)24)17(25)21-18-20-16(22-23-18)14-6-2-3-9-19-14/h2-3,6-9,11,16,22H,4-5,10H2,1H3,(H2,20,21,23,25). The second-order valence-corrected chi connectivity index (χ2v) is 8.55. The van der Waals surface area contributed by atoms with E-state index in [1.807, 2.05) is 18.2 Å². The van der Waals surface area contributed by atoms with Crippen molar-refractivity contribution in [2.45, 2.75) is 19.0 Å². The van der Waals surface area contributed by atoms with Crippen LogP contribution >= 0.6 is 0 Å². The summed E-state index contributed by atoms with van der Waals surface area (Å²) in [7, 11) is -3.33. The van der Waals surface area contributed by atoms with Crippen molar-refractivity contribution in [3.63, 3.8) is 0 Å². The first-order chi connectivity index (χ1) is 13.4. The van der Waals surface area contributed by atoms with Crippen LogP contribution in [-0.2, 0) is 16.4 Å². The summed E-state index contributed by atoms with van der Waals surface area (Å²) in [6, 6.07) is 10.6. The summed E-state index contributed by atoms with van der Waals surface area (Å²) in [6.45, 7) is 0.457. The summed E-state index contributed by atoms with van der Waals surface area (Å²) >= 11 is 0. The molecule has 4 rings (SSSR count). The van der Waals surface area contributed by atoms with Gasteiger partial charge in [0, 0.05) is 18.3 Å². The Balaban J connectivity index is 1.50. The zero-order valence-corrected chi connectivity index (χ0v) is 16.0. The molecule has 9 nitrogen and oxygen atoms in total. The average Bonchev–Trinajstić information content (AvgIpc) is 3.15. The highest BCUT2D eigenvalue weighted by Crippen LogP contribution is 2.29. The summed E-state index contributed by atoms with van der Waals surface area (Å²) in [5, 5.41) is 2.72. The van der Waals surface area contributed by atoms with Gasteiger partial charge in [-0.05, 0) is 48.7 Å². The van der Waals surface area contributed by atoms with Crippen LogP contribution in [0.4, 0.5) is 5.69 Å². The number of nitrogens with one attached hydrogen (secondary N) is 3. The highest BCUT2D eigenvalue weighted by Gasteiger charge is 2.25. The summed E-state index contributed by atoms with van der Waals surface area (Å²) < 4.78 is 25.3. The van der Waals surface area contributed by atoms with Crippen LogP contribution in [0, 0.1) is 0 Å². The minimum atomic E-state index is -3.33. The first kappa shape index (κ1) is 18.4.